The van der Waals surface area contributed by atoms with Crippen LogP contribution in [-0.2, 0) is 19.1 Å². The minimum absolute atomic E-state index is 0.0855. The molecule has 8 heteroatoms. The zero-order valence-electron chi connectivity index (χ0n) is 19.8. The molecule has 3 aliphatic carbocycles. The number of hydrogen-bond donors (Lipinski definition) is 3. The zero-order chi connectivity index (χ0) is 24.7. The summed E-state index contributed by atoms with van der Waals surface area (Å²) in [4.78, 5) is 37.3. The number of fused-ring (bicyclic) bond motifs is 4. The molecule has 2 saturated carbocycles. The van der Waals surface area contributed by atoms with Gasteiger partial charge in [-0.2, -0.15) is 0 Å². The molecule has 2 amide bonds. The van der Waals surface area contributed by atoms with Gasteiger partial charge >= 0.3 is 12.1 Å². The number of rotatable bonds is 8. The number of methoxy groups -OCH3 is 1. The summed E-state index contributed by atoms with van der Waals surface area (Å²) in [6, 6.07) is 15.0. The molecule has 2 aromatic rings. The quantitative estimate of drug-likeness (QED) is 0.537. The van der Waals surface area contributed by atoms with Crippen molar-refractivity contribution in [3.63, 3.8) is 0 Å². The predicted octanol–water partition coefficient (Wildman–Crippen LogP) is 3.30. The number of amides is 2. The lowest BCUT2D eigenvalue weighted by atomic mass is 9.98. The zero-order valence-corrected chi connectivity index (χ0v) is 19.8. The van der Waals surface area contributed by atoms with Crippen LogP contribution in [0.2, 0.25) is 0 Å². The molecule has 0 aliphatic heterocycles. The van der Waals surface area contributed by atoms with Gasteiger partial charge in [0.1, 0.15) is 12.6 Å². The normalized spacial score (nSPS) is 25.5. The van der Waals surface area contributed by atoms with Gasteiger partial charge < -0.3 is 25.2 Å². The Morgan fingerprint density at radius 3 is 2.26 bits per heavy atom. The van der Waals surface area contributed by atoms with E-state index in [9.17, 15) is 19.5 Å². The molecule has 2 fully saturated rings. The highest BCUT2D eigenvalue weighted by Crippen LogP contribution is 2.63. The lowest BCUT2D eigenvalue weighted by Gasteiger charge is -2.26. The van der Waals surface area contributed by atoms with E-state index in [1.807, 2.05) is 36.4 Å². The van der Waals surface area contributed by atoms with Crippen LogP contribution in [0, 0.1) is 11.3 Å². The maximum absolute atomic E-state index is 13.0. The molecule has 0 aromatic heterocycles. The highest BCUT2D eigenvalue weighted by molar-refractivity contribution is 5.87. The fourth-order valence-corrected chi connectivity index (χ4v) is 5.86. The first-order valence-electron chi connectivity index (χ1n) is 12.0. The molecule has 8 nitrogen and oxygen atoms in total. The topological polar surface area (TPSA) is 114 Å². The monoisotopic (exact) mass is 478 g/mol. The van der Waals surface area contributed by atoms with E-state index in [1.165, 1.54) is 7.11 Å². The van der Waals surface area contributed by atoms with Gasteiger partial charge in [-0.3, -0.25) is 9.59 Å². The summed E-state index contributed by atoms with van der Waals surface area (Å²) >= 11 is 0. The second-order valence-electron chi connectivity index (χ2n) is 9.90. The number of alkyl carbamates (subject to hydrolysis) is 1. The summed E-state index contributed by atoms with van der Waals surface area (Å²) in [6.07, 6.45) is 0.423. The van der Waals surface area contributed by atoms with Crippen molar-refractivity contribution in [3.8, 4) is 11.1 Å². The van der Waals surface area contributed by atoms with E-state index in [0.29, 0.717) is 19.3 Å². The van der Waals surface area contributed by atoms with Crippen molar-refractivity contribution in [2.45, 2.75) is 50.3 Å². The second-order valence-corrected chi connectivity index (χ2v) is 9.90. The van der Waals surface area contributed by atoms with Crippen LogP contribution in [0.25, 0.3) is 11.1 Å². The Hall–Kier alpha value is -3.39. The van der Waals surface area contributed by atoms with Gasteiger partial charge in [0, 0.05) is 19.1 Å². The van der Waals surface area contributed by atoms with Gasteiger partial charge in [-0.1, -0.05) is 48.5 Å². The van der Waals surface area contributed by atoms with Crippen molar-refractivity contribution in [2.24, 2.45) is 11.3 Å². The second kappa shape index (κ2) is 9.00. The van der Waals surface area contributed by atoms with E-state index < -0.39 is 35.5 Å². The average Bonchev–Trinajstić information content (AvgIpc) is 3.29. The number of nitrogens with one attached hydrogen (secondary N) is 2. The fraction of sp³-hybridized carbons (Fsp3) is 0.444. The minimum Gasteiger partial charge on any atom is -0.481 e. The van der Waals surface area contributed by atoms with Crippen LogP contribution >= 0.6 is 0 Å². The van der Waals surface area contributed by atoms with Gasteiger partial charge in [-0.05, 0) is 54.4 Å². The minimum atomic E-state index is -0.964. The molecule has 0 heterocycles. The number of aliphatic carboxylic acids is 1. The Morgan fingerprint density at radius 1 is 1.06 bits per heavy atom. The summed E-state index contributed by atoms with van der Waals surface area (Å²) in [6.45, 7) is 1.83. The Balaban J connectivity index is 1.21. The SMILES string of the molecule is COC(C)C(NC(=O)OCC1c2ccccc2-c2ccccc21)C(=O)N[C@@H]1C[C@H]2C[C@@]2(C(=O)O)C1. The molecule has 5 rings (SSSR count). The van der Waals surface area contributed by atoms with Crippen LogP contribution in [0.4, 0.5) is 4.79 Å². The number of hydrogen-bond acceptors (Lipinski definition) is 5. The maximum Gasteiger partial charge on any atom is 0.407 e. The molecule has 35 heavy (non-hydrogen) atoms. The Kier molecular flexibility index (Phi) is 6.01. The standard InChI is InChI=1S/C27H30N2O6/c1-15(34-2)23(24(30)28-17-11-16-12-27(16,13-17)25(31)32)29-26(33)35-14-22-20-9-5-3-7-18(20)19-8-4-6-10-21(19)22/h3-10,15-17,22-23H,11-14H2,1-2H3,(H,28,30)(H,29,33)(H,31,32)/t15?,16-,17+,23?,27+/m0/s1. The fourth-order valence-electron chi connectivity index (χ4n) is 5.86. The molecule has 0 radical (unpaired) electrons. The van der Waals surface area contributed by atoms with E-state index in [4.69, 9.17) is 9.47 Å². The summed E-state index contributed by atoms with van der Waals surface area (Å²) in [5.74, 6) is -1.17. The number of benzene rings is 2. The highest BCUT2D eigenvalue weighted by atomic mass is 16.5. The third kappa shape index (κ3) is 4.16. The Bertz CT molecular complexity index is 1120. The van der Waals surface area contributed by atoms with E-state index in [0.717, 1.165) is 22.3 Å². The Morgan fingerprint density at radius 2 is 1.69 bits per heavy atom. The van der Waals surface area contributed by atoms with Gasteiger partial charge in [-0.15, -0.1) is 0 Å². The number of ether oxygens (including phenoxy) is 2. The van der Waals surface area contributed by atoms with Crippen LogP contribution in [-0.4, -0.2) is 55.0 Å². The molecule has 3 N–H and O–H groups in total. The molecule has 0 bridgehead atoms. The van der Waals surface area contributed by atoms with Crippen LogP contribution < -0.4 is 10.6 Å². The van der Waals surface area contributed by atoms with Crippen molar-refractivity contribution >= 4 is 18.0 Å². The average molecular weight is 479 g/mol. The summed E-state index contributed by atoms with van der Waals surface area (Å²) in [7, 11) is 1.47. The van der Waals surface area contributed by atoms with Crippen molar-refractivity contribution in [3.05, 3.63) is 59.7 Å². The largest absolute Gasteiger partial charge is 0.481 e. The van der Waals surface area contributed by atoms with Crippen molar-refractivity contribution in [1.82, 2.24) is 10.6 Å². The van der Waals surface area contributed by atoms with Crippen molar-refractivity contribution in [2.75, 3.05) is 13.7 Å². The third-order valence-electron chi connectivity index (χ3n) is 7.92. The molecular formula is C27H30N2O6. The first-order valence-corrected chi connectivity index (χ1v) is 12.0. The molecule has 0 saturated heterocycles. The highest BCUT2D eigenvalue weighted by Gasteiger charge is 2.65. The molecule has 2 aromatic carbocycles. The van der Waals surface area contributed by atoms with E-state index >= 15 is 0 Å². The van der Waals surface area contributed by atoms with Crippen molar-refractivity contribution < 1.29 is 29.0 Å². The van der Waals surface area contributed by atoms with E-state index in [1.54, 1.807) is 6.92 Å². The van der Waals surface area contributed by atoms with E-state index in [-0.39, 0.29) is 24.5 Å². The van der Waals surface area contributed by atoms with Crippen LogP contribution in [0.3, 0.4) is 0 Å². The van der Waals surface area contributed by atoms with Gasteiger partial charge in [-0.25, -0.2) is 4.79 Å². The lowest BCUT2D eigenvalue weighted by molar-refractivity contribution is -0.144. The number of carboxylic acids is 1. The summed E-state index contributed by atoms with van der Waals surface area (Å²) in [5.41, 5.74) is 3.79. The summed E-state index contributed by atoms with van der Waals surface area (Å²) in [5, 5.41) is 15.0. The number of carbonyl (C=O) groups is 3. The van der Waals surface area contributed by atoms with Gasteiger partial charge in [0.15, 0.2) is 0 Å². The summed E-state index contributed by atoms with van der Waals surface area (Å²) < 4.78 is 10.9. The molecule has 5 atom stereocenters. The first kappa shape index (κ1) is 23.4. The molecular weight excluding hydrogens is 448 g/mol. The third-order valence-corrected chi connectivity index (χ3v) is 7.92. The molecule has 184 valence electrons. The van der Waals surface area contributed by atoms with Gasteiger partial charge in [0.25, 0.3) is 0 Å². The van der Waals surface area contributed by atoms with Crippen LogP contribution in [0.15, 0.2) is 48.5 Å². The van der Waals surface area contributed by atoms with Crippen LogP contribution in [0.1, 0.15) is 43.2 Å². The van der Waals surface area contributed by atoms with Crippen LogP contribution in [0.5, 0.6) is 0 Å². The van der Waals surface area contributed by atoms with Gasteiger partial charge in [0.2, 0.25) is 5.91 Å². The smallest absolute Gasteiger partial charge is 0.407 e. The number of carbonyl (C=O) groups excluding carboxylic acids is 2. The van der Waals surface area contributed by atoms with E-state index in [2.05, 4.69) is 22.8 Å². The first-order chi connectivity index (χ1) is 16.8. The van der Waals surface area contributed by atoms with Gasteiger partial charge in [0.05, 0.1) is 11.5 Å². The lowest BCUT2D eigenvalue weighted by Crippen LogP contribution is -2.55. The molecule has 2 unspecified atom stereocenters. The Labute approximate surface area is 204 Å². The number of carboxylic acid groups (broad SMARTS) is 1. The molecule has 0 spiro atoms. The maximum atomic E-state index is 13.0. The molecule has 3 aliphatic rings. The van der Waals surface area contributed by atoms with Crippen molar-refractivity contribution in [1.29, 1.82) is 0 Å². The predicted molar refractivity (Wildman–Crippen MR) is 128 cm³/mol.